The minimum atomic E-state index is -0.498. The number of nitro groups is 1. The smallest absolute Gasteiger partial charge is 0.265 e. The molecule has 0 unspecified atom stereocenters. The van der Waals surface area contributed by atoms with Crippen LogP contribution in [0.25, 0.3) is 6.08 Å². The van der Waals surface area contributed by atoms with Crippen LogP contribution in [-0.2, 0) is 4.79 Å². The van der Waals surface area contributed by atoms with E-state index in [-0.39, 0.29) is 16.9 Å². The molecular weight excluding hydrogens is 416 g/mol. The summed E-state index contributed by atoms with van der Waals surface area (Å²) in [6.07, 6.45) is 2.88. The lowest BCUT2D eigenvalue weighted by Gasteiger charge is -2.11. The number of nitro benzene ring substituents is 1. The summed E-state index contributed by atoms with van der Waals surface area (Å²) in [6.45, 7) is 0. The molecule has 0 atom stereocenters. The van der Waals surface area contributed by atoms with Gasteiger partial charge in [0.1, 0.15) is 5.70 Å². The lowest BCUT2D eigenvalue weighted by Crippen LogP contribution is -2.27. The van der Waals surface area contributed by atoms with Crippen LogP contribution in [0.3, 0.4) is 0 Å². The monoisotopic (exact) mass is 430 g/mol. The number of carbonyl (C=O) groups excluding carboxylic acids is 1. The number of nitrogens with zero attached hydrogens (tertiary/aromatic N) is 4. The Bertz CT molecular complexity index is 1250. The fourth-order valence-electron chi connectivity index (χ4n) is 3.01. The van der Waals surface area contributed by atoms with Crippen molar-refractivity contribution in [2.75, 3.05) is 0 Å². The molecule has 1 aliphatic rings. The molecule has 0 aliphatic carbocycles. The first kappa shape index (κ1) is 20.2. The second-order valence-electron chi connectivity index (χ2n) is 6.53. The molecule has 1 amide bonds. The number of benzene rings is 3. The zero-order chi connectivity index (χ0) is 21.8. The number of para-hydroxylation sites is 1. The van der Waals surface area contributed by atoms with Crippen molar-refractivity contribution < 1.29 is 9.72 Å². The first-order valence-corrected chi connectivity index (χ1v) is 9.64. The molecule has 152 valence electrons. The van der Waals surface area contributed by atoms with Gasteiger partial charge in [0.2, 0.25) is 0 Å². The number of halogens is 1. The van der Waals surface area contributed by atoms with Crippen LogP contribution in [0.2, 0.25) is 5.02 Å². The van der Waals surface area contributed by atoms with E-state index in [1.54, 1.807) is 54.6 Å². The zero-order valence-corrected chi connectivity index (χ0v) is 16.8. The topological polar surface area (TPSA) is 88.2 Å². The number of aliphatic imine (C=N–C) groups is 1. The Morgan fingerprint density at radius 2 is 1.58 bits per heavy atom. The second-order valence-corrected chi connectivity index (χ2v) is 6.94. The Kier molecular flexibility index (Phi) is 5.68. The highest BCUT2D eigenvalue weighted by Gasteiger charge is 2.31. The Morgan fingerprint density at radius 1 is 0.935 bits per heavy atom. The van der Waals surface area contributed by atoms with E-state index in [1.807, 2.05) is 24.3 Å². The number of hydrogen-bond acceptors (Lipinski definition) is 5. The quantitative estimate of drug-likeness (QED) is 0.249. The van der Waals surface area contributed by atoms with Crippen molar-refractivity contribution in [2.24, 2.45) is 10.1 Å². The SMILES string of the molecule is O=C1/C(=C\c2ccccc2Cl)N=C(c2ccccc2)N1/N=C/c1ccccc1[N+](=O)[O-]. The molecule has 1 aliphatic heterocycles. The van der Waals surface area contributed by atoms with Gasteiger partial charge in [0.25, 0.3) is 11.6 Å². The van der Waals surface area contributed by atoms with Crippen LogP contribution in [0.4, 0.5) is 5.69 Å². The molecule has 0 saturated carbocycles. The van der Waals surface area contributed by atoms with Crippen molar-refractivity contribution in [1.82, 2.24) is 5.01 Å². The van der Waals surface area contributed by atoms with Gasteiger partial charge in [-0.1, -0.05) is 72.3 Å². The van der Waals surface area contributed by atoms with Crippen molar-refractivity contribution in [3.05, 3.63) is 116 Å². The van der Waals surface area contributed by atoms with Gasteiger partial charge in [0, 0.05) is 16.7 Å². The molecule has 31 heavy (non-hydrogen) atoms. The maximum atomic E-state index is 13.1. The van der Waals surface area contributed by atoms with Crippen LogP contribution in [0.5, 0.6) is 0 Å². The number of rotatable bonds is 5. The summed E-state index contributed by atoms with van der Waals surface area (Å²) in [5.41, 5.74) is 1.65. The van der Waals surface area contributed by atoms with Gasteiger partial charge < -0.3 is 0 Å². The molecule has 3 aromatic rings. The van der Waals surface area contributed by atoms with Crippen molar-refractivity contribution in [3.63, 3.8) is 0 Å². The Balaban J connectivity index is 1.76. The molecule has 0 radical (unpaired) electrons. The maximum Gasteiger partial charge on any atom is 0.298 e. The summed E-state index contributed by atoms with van der Waals surface area (Å²) < 4.78 is 0. The molecule has 0 N–H and O–H groups in total. The van der Waals surface area contributed by atoms with E-state index >= 15 is 0 Å². The second kappa shape index (κ2) is 8.73. The van der Waals surface area contributed by atoms with E-state index in [0.29, 0.717) is 22.0 Å². The predicted octanol–water partition coefficient (Wildman–Crippen LogP) is 4.91. The molecule has 0 saturated heterocycles. The third-order valence-electron chi connectivity index (χ3n) is 4.51. The third-order valence-corrected chi connectivity index (χ3v) is 4.86. The van der Waals surface area contributed by atoms with Crippen LogP contribution in [0, 0.1) is 10.1 Å². The van der Waals surface area contributed by atoms with Crippen LogP contribution in [-0.4, -0.2) is 27.9 Å². The molecule has 0 fully saturated rings. The summed E-state index contributed by atoms with van der Waals surface area (Å²) in [4.78, 5) is 28.3. The van der Waals surface area contributed by atoms with Crippen molar-refractivity contribution >= 4 is 41.3 Å². The van der Waals surface area contributed by atoms with Crippen molar-refractivity contribution in [3.8, 4) is 0 Å². The number of amidine groups is 1. The highest BCUT2D eigenvalue weighted by Crippen LogP contribution is 2.25. The van der Waals surface area contributed by atoms with Crippen LogP contribution < -0.4 is 0 Å². The molecule has 4 rings (SSSR count). The molecule has 0 bridgehead atoms. The number of hydrazone groups is 1. The summed E-state index contributed by atoms with van der Waals surface area (Å²) in [5, 5.41) is 17.1. The summed E-state index contributed by atoms with van der Waals surface area (Å²) in [7, 11) is 0. The van der Waals surface area contributed by atoms with Crippen LogP contribution >= 0.6 is 11.6 Å². The Morgan fingerprint density at radius 3 is 2.29 bits per heavy atom. The van der Waals surface area contributed by atoms with Gasteiger partial charge in [-0.15, -0.1) is 0 Å². The Hall–Kier alpha value is -4.10. The van der Waals surface area contributed by atoms with Gasteiger partial charge in [-0.05, 0) is 23.8 Å². The highest BCUT2D eigenvalue weighted by molar-refractivity contribution is 6.32. The van der Waals surface area contributed by atoms with E-state index in [2.05, 4.69) is 10.1 Å². The summed E-state index contributed by atoms with van der Waals surface area (Å²) >= 11 is 6.22. The standard InChI is InChI=1S/C23H15ClN4O3/c24-19-12-6-4-10-17(19)14-20-23(29)27(22(26-20)16-8-2-1-3-9-16)25-15-18-11-5-7-13-21(18)28(30)31/h1-15H/b20-14+,25-15+. The minimum Gasteiger partial charge on any atom is -0.265 e. The minimum absolute atomic E-state index is 0.108. The van der Waals surface area contributed by atoms with E-state index in [0.717, 1.165) is 5.01 Å². The lowest BCUT2D eigenvalue weighted by molar-refractivity contribution is -0.385. The normalized spacial score (nSPS) is 15.0. The molecule has 0 aromatic heterocycles. The predicted molar refractivity (Wildman–Crippen MR) is 120 cm³/mol. The van der Waals surface area contributed by atoms with E-state index < -0.39 is 10.8 Å². The molecule has 1 heterocycles. The van der Waals surface area contributed by atoms with E-state index in [1.165, 1.54) is 12.3 Å². The van der Waals surface area contributed by atoms with Crippen LogP contribution in [0.1, 0.15) is 16.7 Å². The molecule has 7 nitrogen and oxygen atoms in total. The summed E-state index contributed by atoms with van der Waals surface area (Å²) in [5.74, 6) is -0.146. The van der Waals surface area contributed by atoms with Gasteiger partial charge in [-0.3, -0.25) is 14.9 Å². The number of carbonyl (C=O) groups is 1. The Labute approximate surface area is 182 Å². The zero-order valence-electron chi connectivity index (χ0n) is 16.1. The van der Waals surface area contributed by atoms with Gasteiger partial charge in [-0.2, -0.15) is 10.1 Å². The van der Waals surface area contributed by atoms with E-state index in [4.69, 9.17) is 11.6 Å². The first-order chi connectivity index (χ1) is 15.0. The number of amides is 1. The fourth-order valence-corrected chi connectivity index (χ4v) is 3.20. The van der Waals surface area contributed by atoms with Crippen molar-refractivity contribution in [2.45, 2.75) is 0 Å². The first-order valence-electron chi connectivity index (χ1n) is 9.27. The van der Waals surface area contributed by atoms with Gasteiger partial charge >= 0.3 is 0 Å². The van der Waals surface area contributed by atoms with Crippen molar-refractivity contribution in [1.29, 1.82) is 0 Å². The van der Waals surface area contributed by atoms with Gasteiger partial charge in [-0.25, -0.2) is 4.99 Å². The lowest BCUT2D eigenvalue weighted by atomic mass is 10.2. The highest BCUT2D eigenvalue weighted by atomic mass is 35.5. The third kappa shape index (κ3) is 4.26. The average molecular weight is 431 g/mol. The van der Waals surface area contributed by atoms with Crippen LogP contribution in [0.15, 0.2) is 94.7 Å². The molecular formula is C23H15ClN4O3. The van der Waals surface area contributed by atoms with E-state index in [9.17, 15) is 14.9 Å². The molecule has 3 aromatic carbocycles. The summed E-state index contributed by atoms with van der Waals surface area (Å²) in [6, 6.07) is 22.4. The number of hydrogen-bond donors (Lipinski definition) is 0. The van der Waals surface area contributed by atoms with Gasteiger partial charge in [0.15, 0.2) is 5.84 Å². The largest absolute Gasteiger partial charge is 0.298 e. The molecule has 8 heteroatoms. The maximum absolute atomic E-state index is 13.1. The van der Waals surface area contributed by atoms with Gasteiger partial charge in [0.05, 0.1) is 16.7 Å². The fraction of sp³-hybridized carbons (Fsp3) is 0. The molecule has 0 spiro atoms. The average Bonchev–Trinajstić information content (AvgIpc) is 3.10.